The van der Waals surface area contributed by atoms with Crippen LogP contribution in [0.1, 0.15) is 22.9 Å². The van der Waals surface area contributed by atoms with Crippen LogP contribution in [0.25, 0.3) is 0 Å². The second-order valence-electron chi connectivity index (χ2n) is 4.21. The maximum absolute atomic E-state index is 13.0. The molecule has 2 aromatic rings. The third kappa shape index (κ3) is 3.15. The lowest BCUT2D eigenvalue weighted by Crippen LogP contribution is -2.04. The summed E-state index contributed by atoms with van der Waals surface area (Å²) < 4.78 is 13.5. The molecule has 0 aliphatic carbocycles. The zero-order chi connectivity index (χ0) is 13.1. The van der Waals surface area contributed by atoms with Crippen molar-refractivity contribution in [1.29, 1.82) is 0 Å². The molecule has 0 amide bonds. The van der Waals surface area contributed by atoms with E-state index in [0.29, 0.717) is 16.5 Å². The van der Waals surface area contributed by atoms with Crippen LogP contribution in [0.15, 0.2) is 41.0 Å². The lowest BCUT2D eigenvalue weighted by atomic mass is 10.0. The number of aliphatic hydroxyl groups excluding tert-OH is 1. The van der Waals surface area contributed by atoms with E-state index >= 15 is 0 Å². The van der Waals surface area contributed by atoms with Crippen LogP contribution in [0, 0.1) is 12.7 Å². The Morgan fingerprint density at radius 2 is 2.11 bits per heavy atom. The van der Waals surface area contributed by atoms with Gasteiger partial charge in [0, 0.05) is 22.8 Å². The zero-order valence-electron chi connectivity index (χ0n) is 9.90. The molecule has 2 nitrogen and oxygen atoms in total. The van der Waals surface area contributed by atoms with Gasteiger partial charge in [-0.1, -0.05) is 28.1 Å². The topological polar surface area (TPSA) is 33.1 Å². The van der Waals surface area contributed by atoms with Gasteiger partial charge in [-0.05, 0) is 36.2 Å². The molecule has 4 heteroatoms. The van der Waals surface area contributed by atoms with Crippen molar-refractivity contribution in [2.75, 3.05) is 0 Å². The van der Waals surface area contributed by atoms with Crippen LogP contribution in [0.4, 0.5) is 4.39 Å². The van der Waals surface area contributed by atoms with E-state index in [1.165, 1.54) is 12.1 Å². The summed E-state index contributed by atoms with van der Waals surface area (Å²) in [5, 5.41) is 10.1. The van der Waals surface area contributed by atoms with Crippen LogP contribution in [0.3, 0.4) is 0 Å². The third-order valence-corrected chi connectivity index (χ3v) is 3.38. The first kappa shape index (κ1) is 13.2. The molecule has 1 atom stereocenters. The fourth-order valence-corrected chi connectivity index (χ4v) is 2.31. The number of benzene rings is 1. The van der Waals surface area contributed by atoms with Crippen LogP contribution in [-0.2, 0) is 6.42 Å². The minimum atomic E-state index is -0.699. The number of hydrogen-bond acceptors (Lipinski definition) is 2. The molecule has 18 heavy (non-hydrogen) atoms. The Morgan fingerprint density at radius 3 is 2.72 bits per heavy atom. The number of aromatic nitrogens is 1. The van der Waals surface area contributed by atoms with Gasteiger partial charge in [0.15, 0.2) is 0 Å². The zero-order valence-corrected chi connectivity index (χ0v) is 11.5. The summed E-state index contributed by atoms with van der Waals surface area (Å²) in [5.74, 6) is -0.328. The molecule has 1 N–H and O–H groups in total. The quantitative estimate of drug-likeness (QED) is 0.940. The number of aryl methyl sites for hydroxylation is 1. The van der Waals surface area contributed by atoms with Gasteiger partial charge in [0.2, 0.25) is 0 Å². The average molecular weight is 310 g/mol. The summed E-state index contributed by atoms with van der Waals surface area (Å²) in [7, 11) is 0. The minimum Gasteiger partial charge on any atom is -0.388 e. The number of hydrogen-bond donors (Lipinski definition) is 1. The van der Waals surface area contributed by atoms with Crippen molar-refractivity contribution in [3.05, 3.63) is 63.6 Å². The molecular weight excluding hydrogens is 297 g/mol. The maximum atomic E-state index is 13.0. The van der Waals surface area contributed by atoms with Crippen LogP contribution in [-0.4, -0.2) is 10.1 Å². The SMILES string of the molecule is Cc1ccc(CC(O)c2ccc(F)cc2Br)nc1. The molecule has 0 spiro atoms. The molecule has 0 aliphatic rings. The van der Waals surface area contributed by atoms with Gasteiger partial charge in [0.1, 0.15) is 5.82 Å². The van der Waals surface area contributed by atoms with E-state index in [0.717, 1.165) is 11.3 Å². The first-order chi connectivity index (χ1) is 8.56. The van der Waals surface area contributed by atoms with E-state index in [-0.39, 0.29) is 5.82 Å². The number of aliphatic hydroxyl groups is 1. The monoisotopic (exact) mass is 309 g/mol. The molecule has 1 heterocycles. The molecule has 1 aromatic carbocycles. The Balaban J connectivity index is 2.16. The van der Waals surface area contributed by atoms with Crippen molar-refractivity contribution >= 4 is 15.9 Å². The maximum Gasteiger partial charge on any atom is 0.124 e. The van der Waals surface area contributed by atoms with E-state index in [9.17, 15) is 9.50 Å². The van der Waals surface area contributed by atoms with Crippen molar-refractivity contribution in [3.63, 3.8) is 0 Å². The lowest BCUT2D eigenvalue weighted by Gasteiger charge is -2.12. The Kier molecular flexibility index (Phi) is 4.09. The molecule has 94 valence electrons. The molecule has 1 aromatic heterocycles. The summed E-state index contributed by atoms with van der Waals surface area (Å²) in [6, 6.07) is 8.11. The second-order valence-corrected chi connectivity index (χ2v) is 5.07. The van der Waals surface area contributed by atoms with Crippen LogP contribution in [0.2, 0.25) is 0 Å². The molecule has 0 fully saturated rings. The van der Waals surface area contributed by atoms with Gasteiger partial charge >= 0.3 is 0 Å². The number of halogens is 2. The van der Waals surface area contributed by atoms with Gasteiger partial charge in [0.05, 0.1) is 6.10 Å². The largest absolute Gasteiger partial charge is 0.388 e. The Hall–Kier alpha value is -1.26. The molecule has 1 unspecified atom stereocenters. The van der Waals surface area contributed by atoms with Gasteiger partial charge in [-0.3, -0.25) is 4.98 Å². The smallest absolute Gasteiger partial charge is 0.124 e. The van der Waals surface area contributed by atoms with Crippen molar-refractivity contribution in [2.24, 2.45) is 0 Å². The number of rotatable bonds is 3. The summed E-state index contributed by atoms with van der Waals surface area (Å²) in [4.78, 5) is 4.24. The lowest BCUT2D eigenvalue weighted by molar-refractivity contribution is 0.176. The average Bonchev–Trinajstić information content (AvgIpc) is 2.32. The van der Waals surface area contributed by atoms with E-state index in [1.807, 2.05) is 19.1 Å². The van der Waals surface area contributed by atoms with E-state index in [1.54, 1.807) is 12.3 Å². The summed E-state index contributed by atoms with van der Waals surface area (Å²) in [5.41, 5.74) is 2.55. The second kappa shape index (κ2) is 5.59. The normalized spacial score (nSPS) is 12.4. The van der Waals surface area contributed by atoms with Crippen LogP contribution < -0.4 is 0 Å². The number of nitrogens with zero attached hydrogens (tertiary/aromatic N) is 1. The molecular formula is C14H13BrFNO. The standard InChI is InChI=1S/C14H13BrFNO/c1-9-2-4-11(17-8-9)7-14(18)12-5-3-10(16)6-13(12)15/h2-6,8,14,18H,7H2,1H3. The van der Waals surface area contributed by atoms with E-state index in [4.69, 9.17) is 0 Å². The van der Waals surface area contributed by atoms with Crippen molar-refractivity contribution in [1.82, 2.24) is 4.98 Å². The molecule has 0 radical (unpaired) electrons. The number of pyridine rings is 1. The van der Waals surface area contributed by atoms with Crippen LogP contribution >= 0.6 is 15.9 Å². The highest BCUT2D eigenvalue weighted by Crippen LogP contribution is 2.26. The summed E-state index contributed by atoms with van der Waals surface area (Å²) >= 11 is 3.25. The molecule has 0 saturated carbocycles. The first-order valence-corrected chi connectivity index (χ1v) is 6.40. The van der Waals surface area contributed by atoms with Gasteiger partial charge in [-0.25, -0.2) is 4.39 Å². The van der Waals surface area contributed by atoms with E-state index in [2.05, 4.69) is 20.9 Å². The van der Waals surface area contributed by atoms with E-state index < -0.39 is 6.10 Å². The first-order valence-electron chi connectivity index (χ1n) is 5.61. The Bertz CT molecular complexity index is 542. The summed E-state index contributed by atoms with van der Waals surface area (Å²) in [6.07, 6.45) is 1.47. The highest BCUT2D eigenvalue weighted by molar-refractivity contribution is 9.10. The third-order valence-electron chi connectivity index (χ3n) is 2.70. The Labute approximate surface area is 114 Å². The van der Waals surface area contributed by atoms with Crippen molar-refractivity contribution in [2.45, 2.75) is 19.4 Å². The van der Waals surface area contributed by atoms with Gasteiger partial charge in [-0.15, -0.1) is 0 Å². The predicted octanol–water partition coefficient (Wildman–Crippen LogP) is 3.57. The van der Waals surface area contributed by atoms with Gasteiger partial charge < -0.3 is 5.11 Å². The highest BCUT2D eigenvalue weighted by atomic mass is 79.9. The molecule has 0 saturated heterocycles. The fourth-order valence-electron chi connectivity index (χ4n) is 1.70. The highest BCUT2D eigenvalue weighted by Gasteiger charge is 2.13. The van der Waals surface area contributed by atoms with Crippen molar-refractivity contribution in [3.8, 4) is 0 Å². The fraction of sp³-hybridized carbons (Fsp3) is 0.214. The van der Waals surface area contributed by atoms with Crippen LogP contribution in [0.5, 0.6) is 0 Å². The van der Waals surface area contributed by atoms with Gasteiger partial charge in [-0.2, -0.15) is 0 Å². The molecule has 0 aliphatic heterocycles. The predicted molar refractivity (Wildman–Crippen MR) is 71.7 cm³/mol. The molecule has 0 bridgehead atoms. The van der Waals surface area contributed by atoms with Gasteiger partial charge in [0.25, 0.3) is 0 Å². The molecule has 2 rings (SSSR count). The minimum absolute atomic E-state index is 0.328. The Morgan fingerprint density at radius 1 is 1.33 bits per heavy atom. The van der Waals surface area contributed by atoms with Crippen molar-refractivity contribution < 1.29 is 9.50 Å². The summed E-state index contributed by atoms with van der Waals surface area (Å²) in [6.45, 7) is 1.96.